The maximum atomic E-state index is 12.4. The third-order valence-electron chi connectivity index (χ3n) is 3.24. The molecule has 4 nitrogen and oxygen atoms in total. The largest absolute Gasteiger partial charge is 0.261 e. The molecule has 1 aliphatic rings. The van der Waals surface area contributed by atoms with Crippen molar-refractivity contribution in [2.45, 2.75) is 17.9 Å². The number of hydrogen-bond donors (Lipinski definition) is 0. The third-order valence-corrected chi connectivity index (χ3v) is 6.60. The van der Waals surface area contributed by atoms with Crippen molar-refractivity contribution in [1.82, 2.24) is 9.29 Å². The van der Waals surface area contributed by atoms with Gasteiger partial charge in [0.1, 0.15) is 5.01 Å². The quantitative estimate of drug-likeness (QED) is 0.829. The molecule has 106 valence electrons. The van der Waals surface area contributed by atoms with Gasteiger partial charge in [-0.2, -0.15) is 4.31 Å². The van der Waals surface area contributed by atoms with E-state index in [4.69, 9.17) is 0 Å². The molecule has 1 fully saturated rings. The van der Waals surface area contributed by atoms with Crippen LogP contribution in [-0.2, 0) is 10.0 Å². The Bertz CT molecular complexity index is 704. The van der Waals surface area contributed by atoms with E-state index in [0.717, 1.165) is 27.9 Å². The van der Waals surface area contributed by atoms with Crippen LogP contribution >= 0.6 is 27.3 Å². The van der Waals surface area contributed by atoms with Gasteiger partial charge in [0.2, 0.25) is 0 Å². The molecule has 1 saturated heterocycles. The van der Waals surface area contributed by atoms with Gasteiger partial charge in [0.15, 0.2) is 5.03 Å². The van der Waals surface area contributed by atoms with Crippen molar-refractivity contribution in [3.63, 3.8) is 0 Å². The van der Waals surface area contributed by atoms with Crippen molar-refractivity contribution in [2.24, 2.45) is 0 Å². The normalized spacial score (nSPS) is 16.6. The summed E-state index contributed by atoms with van der Waals surface area (Å²) in [4.78, 5) is 4.30. The highest BCUT2D eigenvalue weighted by atomic mass is 79.9. The summed E-state index contributed by atoms with van der Waals surface area (Å²) in [6, 6.07) is 7.70. The van der Waals surface area contributed by atoms with Gasteiger partial charge in [-0.3, -0.25) is 0 Å². The summed E-state index contributed by atoms with van der Waals surface area (Å²) in [6.07, 6.45) is 1.87. The Morgan fingerprint density at radius 2 is 1.80 bits per heavy atom. The molecule has 0 atom stereocenters. The zero-order valence-corrected chi connectivity index (χ0v) is 13.8. The number of nitrogens with zero attached hydrogens (tertiary/aromatic N) is 2. The van der Waals surface area contributed by atoms with Gasteiger partial charge in [-0.05, 0) is 25.0 Å². The molecule has 2 aromatic rings. The van der Waals surface area contributed by atoms with Gasteiger partial charge in [-0.1, -0.05) is 28.1 Å². The molecule has 0 amide bonds. The number of halogens is 1. The minimum atomic E-state index is -3.41. The lowest BCUT2D eigenvalue weighted by molar-refractivity contribution is 0.475. The molecule has 7 heteroatoms. The maximum absolute atomic E-state index is 12.4. The number of thiazole rings is 1. The molecule has 1 aromatic carbocycles. The smallest absolute Gasteiger partial charge is 0.223 e. The van der Waals surface area contributed by atoms with Crippen LogP contribution < -0.4 is 0 Å². The Morgan fingerprint density at radius 1 is 1.15 bits per heavy atom. The minimum Gasteiger partial charge on any atom is -0.223 e. The molecular weight excluding hydrogens is 360 g/mol. The van der Waals surface area contributed by atoms with E-state index in [9.17, 15) is 8.42 Å². The second-order valence-corrected chi connectivity index (χ2v) is 8.27. The number of hydrogen-bond acceptors (Lipinski definition) is 4. The highest BCUT2D eigenvalue weighted by molar-refractivity contribution is 9.10. The zero-order chi connectivity index (χ0) is 14.2. The van der Waals surface area contributed by atoms with Crippen molar-refractivity contribution >= 4 is 37.3 Å². The fourth-order valence-electron chi connectivity index (χ4n) is 2.16. The monoisotopic (exact) mass is 372 g/mol. The highest BCUT2D eigenvalue weighted by Crippen LogP contribution is 2.29. The molecule has 3 rings (SSSR count). The first-order valence-corrected chi connectivity index (χ1v) is 9.40. The second-order valence-electron chi connectivity index (χ2n) is 4.61. The molecule has 1 aromatic heterocycles. The van der Waals surface area contributed by atoms with Crippen LogP contribution in [0.25, 0.3) is 10.6 Å². The summed E-state index contributed by atoms with van der Waals surface area (Å²) in [6.45, 7) is 1.21. The van der Waals surface area contributed by atoms with Gasteiger partial charge in [-0.25, -0.2) is 13.4 Å². The lowest BCUT2D eigenvalue weighted by Crippen LogP contribution is -2.28. The van der Waals surface area contributed by atoms with E-state index in [2.05, 4.69) is 20.9 Å². The molecule has 0 spiro atoms. The molecule has 2 heterocycles. The number of aromatic nitrogens is 1. The zero-order valence-electron chi connectivity index (χ0n) is 10.6. The third kappa shape index (κ3) is 2.67. The van der Waals surface area contributed by atoms with E-state index >= 15 is 0 Å². The Labute approximate surface area is 130 Å². The number of sulfonamides is 1. The predicted molar refractivity (Wildman–Crippen MR) is 83.2 cm³/mol. The predicted octanol–water partition coefficient (Wildman–Crippen LogP) is 3.36. The number of benzene rings is 1. The summed E-state index contributed by atoms with van der Waals surface area (Å²) in [5, 5.41) is 2.53. The molecule has 0 bridgehead atoms. The van der Waals surface area contributed by atoms with E-state index in [1.807, 2.05) is 24.3 Å². The maximum Gasteiger partial charge on any atom is 0.261 e. The van der Waals surface area contributed by atoms with Crippen LogP contribution in [0.3, 0.4) is 0 Å². The van der Waals surface area contributed by atoms with E-state index < -0.39 is 10.0 Å². The molecule has 20 heavy (non-hydrogen) atoms. The van der Waals surface area contributed by atoms with Gasteiger partial charge >= 0.3 is 0 Å². The Kier molecular flexibility index (Phi) is 3.94. The molecule has 0 unspecified atom stereocenters. The standard InChI is InChI=1S/C13H13BrN2O2S2/c14-11-5-3-10(4-6-11)13-15-12(9-19-13)20(17,18)16-7-1-2-8-16/h3-6,9H,1-2,7-8H2. The Balaban J connectivity index is 1.92. The van der Waals surface area contributed by atoms with Gasteiger partial charge in [0.05, 0.1) is 0 Å². The summed E-state index contributed by atoms with van der Waals surface area (Å²) >= 11 is 4.74. The van der Waals surface area contributed by atoms with Crippen LogP contribution in [0.2, 0.25) is 0 Å². The first-order chi connectivity index (χ1) is 9.57. The van der Waals surface area contributed by atoms with E-state index in [1.165, 1.54) is 15.6 Å². The van der Waals surface area contributed by atoms with Crippen molar-refractivity contribution in [1.29, 1.82) is 0 Å². The van der Waals surface area contributed by atoms with Crippen molar-refractivity contribution in [3.8, 4) is 10.6 Å². The number of rotatable bonds is 3. The van der Waals surface area contributed by atoms with Crippen LogP contribution in [0.4, 0.5) is 0 Å². The van der Waals surface area contributed by atoms with E-state index in [-0.39, 0.29) is 5.03 Å². The van der Waals surface area contributed by atoms with E-state index in [0.29, 0.717) is 13.1 Å². The topological polar surface area (TPSA) is 50.3 Å². The van der Waals surface area contributed by atoms with Crippen LogP contribution in [0.15, 0.2) is 39.1 Å². The van der Waals surface area contributed by atoms with E-state index in [1.54, 1.807) is 5.38 Å². The summed E-state index contributed by atoms with van der Waals surface area (Å²) in [5.74, 6) is 0. The lowest BCUT2D eigenvalue weighted by Gasteiger charge is -2.12. The SMILES string of the molecule is O=S(=O)(c1csc(-c2ccc(Br)cc2)n1)N1CCCC1. The molecule has 0 aliphatic carbocycles. The van der Waals surface area contributed by atoms with Gasteiger partial charge < -0.3 is 0 Å². The first-order valence-electron chi connectivity index (χ1n) is 6.29. The molecular formula is C13H13BrN2O2S2. The Hall–Kier alpha value is -0.760. The van der Waals surface area contributed by atoms with Crippen LogP contribution in [-0.4, -0.2) is 30.8 Å². The van der Waals surface area contributed by atoms with Crippen molar-refractivity contribution < 1.29 is 8.42 Å². The first kappa shape index (κ1) is 14.2. The van der Waals surface area contributed by atoms with Gasteiger partial charge in [-0.15, -0.1) is 11.3 Å². The fourth-order valence-corrected chi connectivity index (χ4v) is 5.01. The lowest BCUT2D eigenvalue weighted by atomic mass is 10.2. The average molecular weight is 373 g/mol. The van der Waals surface area contributed by atoms with Gasteiger partial charge in [0, 0.05) is 28.5 Å². The van der Waals surface area contributed by atoms with Crippen LogP contribution in [0.1, 0.15) is 12.8 Å². The van der Waals surface area contributed by atoms with Crippen LogP contribution in [0, 0.1) is 0 Å². The molecule has 1 aliphatic heterocycles. The summed E-state index contributed by atoms with van der Waals surface area (Å²) < 4.78 is 27.3. The molecule has 0 N–H and O–H groups in total. The van der Waals surface area contributed by atoms with Gasteiger partial charge in [0.25, 0.3) is 10.0 Å². The van der Waals surface area contributed by atoms with Crippen LogP contribution in [0.5, 0.6) is 0 Å². The molecule has 0 radical (unpaired) electrons. The fraction of sp³-hybridized carbons (Fsp3) is 0.308. The minimum absolute atomic E-state index is 0.169. The van der Waals surface area contributed by atoms with Crippen molar-refractivity contribution in [2.75, 3.05) is 13.1 Å². The van der Waals surface area contributed by atoms with Crippen molar-refractivity contribution in [3.05, 3.63) is 34.1 Å². The Morgan fingerprint density at radius 3 is 2.45 bits per heavy atom. The highest BCUT2D eigenvalue weighted by Gasteiger charge is 2.29. The summed E-state index contributed by atoms with van der Waals surface area (Å²) in [7, 11) is -3.41. The second kappa shape index (κ2) is 5.55. The average Bonchev–Trinajstić information content (AvgIpc) is 3.12. The molecule has 0 saturated carbocycles. The summed E-state index contributed by atoms with van der Waals surface area (Å²) in [5.41, 5.74) is 0.932.